The van der Waals surface area contributed by atoms with Gasteiger partial charge in [-0.15, -0.1) is 0 Å². The van der Waals surface area contributed by atoms with Gasteiger partial charge in [-0.1, -0.05) is 5.16 Å². The van der Waals surface area contributed by atoms with Gasteiger partial charge in [0.15, 0.2) is 5.82 Å². The van der Waals surface area contributed by atoms with E-state index in [2.05, 4.69) is 14.9 Å². The first-order valence-corrected chi connectivity index (χ1v) is 7.32. The average molecular weight is 301 g/mol. The van der Waals surface area contributed by atoms with Crippen molar-refractivity contribution in [1.29, 1.82) is 0 Å². The molecule has 0 bridgehead atoms. The minimum absolute atomic E-state index is 0.0475. The molecule has 2 rings (SSSR count). The number of sulfonamides is 1. The van der Waals surface area contributed by atoms with E-state index < -0.39 is 16.6 Å². The normalized spacial score (nSPS) is 12.0. The quantitative estimate of drug-likeness (QED) is 0.828. The highest BCUT2D eigenvalue weighted by atomic mass is 32.2. The van der Waals surface area contributed by atoms with Crippen LogP contribution in [0.2, 0.25) is 0 Å². The highest BCUT2D eigenvalue weighted by Crippen LogP contribution is 2.26. The molecule has 0 aromatic carbocycles. The number of aryl methyl sites for hydroxylation is 3. The molecule has 2 heterocycles. The van der Waals surface area contributed by atoms with Crippen molar-refractivity contribution < 1.29 is 22.5 Å². The number of furan rings is 1. The molecule has 0 spiro atoms. The van der Waals surface area contributed by atoms with E-state index in [0.29, 0.717) is 11.6 Å². The SMILES string of the molecule is Cc1noc(CNS(=O)(=O)c2c(C)oc(C)c2CO)n1. The van der Waals surface area contributed by atoms with Crippen molar-refractivity contribution in [1.82, 2.24) is 14.9 Å². The van der Waals surface area contributed by atoms with Crippen LogP contribution in [0.4, 0.5) is 0 Å². The Bertz CT molecular complexity index is 716. The highest BCUT2D eigenvalue weighted by Gasteiger charge is 2.26. The van der Waals surface area contributed by atoms with Crippen LogP contribution in [0.15, 0.2) is 13.8 Å². The molecule has 0 aliphatic carbocycles. The third kappa shape index (κ3) is 2.74. The highest BCUT2D eigenvalue weighted by molar-refractivity contribution is 7.89. The summed E-state index contributed by atoms with van der Waals surface area (Å²) in [6.45, 7) is 4.21. The Labute approximate surface area is 115 Å². The van der Waals surface area contributed by atoms with Gasteiger partial charge in [0, 0.05) is 5.56 Å². The molecule has 9 heteroatoms. The van der Waals surface area contributed by atoms with Crippen molar-refractivity contribution >= 4 is 10.0 Å². The van der Waals surface area contributed by atoms with E-state index in [-0.39, 0.29) is 28.7 Å². The first-order valence-electron chi connectivity index (χ1n) is 5.83. The third-order valence-corrected chi connectivity index (χ3v) is 4.33. The van der Waals surface area contributed by atoms with E-state index >= 15 is 0 Å². The topological polar surface area (TPSA) is 118 Å². The van der Waals surface area contributed by atoms with Crippen molar-refractivity contribution in [2.45, 2.75) is 38.8 Å². The zero-order valence-corrected chi connectivity index (χ0v) is 12.1. The molecular formula is C11H15N3O5S. The molecule has 0 saturated carbocycles. The minimum atomic E-state index is -3.83. The van der Waals surface area contributed by atoms with Gasteiger partial charge in [0.2, 0.25) is 15.9 Å². The summed E-state index contributed by atoms with van der Waals surface area (Å²) in [7, 11) is -3.83. The summed E-state index contributed by atoms with van der Waals surface area (Å²) in [6.07, 6.45) is 0. The zero-order chi connectivity index (χ0) is 14.9. The summed E-state index contributed by atoms with van der Waals surface area (Å²) >= 11 is 0. The summed E-state index contributed by atoms with van der Waals surface area (Å²) in [5, 5.41) is 12.8. The fraction of sp³-hybridized carbons (Fsp3) is 0.455. The number of rotatable bonds is 5. The van der Waals surface area contributed by atoms with Gasteiger partial charge in [-0.05, 0) is 20.8 Å². The first kappa shape index (κ1) is 14.7. The molecule has 0 fully saturated rings. The molecule has 2 N–H and O–H groups in total. The van der Waals surface area contributed by atoms with E-state index in [1.165, 1.54) is 6.92 Å². The van der Waals surface area contributed by atoms with Gasteiger partial charge < -0.3 is 14.0 Å². The fourth-order valence-electron chi connectivity index (χ4n) is 1.89. The summed E-state index contributed by atoms with van der Waals surface area (Å²) in [5.74, 6) is 1.18. The van der Waals surface area contributed by atoms with Gasteiger partial charge in [-0.25, -0.2) is 13.1 Å². The Kier molecular flexibility index (Phi) is 3.93. The van der Waals surface area contributed by atoms with Crippen LogP contribution in [0.1, 0.15) is 28.8 Å². The van der Waals surface area contributed by atoms with E-state index in [0.717, 1.165) is 0 Å². The molecule has 0 radical (unpaired) electrons. The number of aliphatic hydroxyl groups is 1. The lowest BCUT2D eigenvalue weighted by molar-refractivity contribution is 0.276. The number of hydrogen-bond donors (Lipinski definition) is 2. The van der Waals surface area contributed by atoms with Crippen molar-refractivity contribution in [2.75, 3.05) is 0 Å². The summed E-state index contributed by atoms with van der Waals surface area (Å²) < 4.78 is 36.9. The Morgan fingerprint density at radius 2 is 1.95 bits per heavy atom. The predicted octanol–water partition coefficient (Wildman–Crippen LogP) is 0.559. The van der Waals surface area contributed by atoms with E-state index in [4.69, 9.17) is 8.94 Å². The van der Waals surface area contributed by atoms with E-state index in [1.54, 1.807) is 13.8 Å². The smallest absolute Gasteiger partial charge is 0.244 e. The lowest BCUT2D eigenvalue weighted by atomic mass is 10.2. The Hall–Kier alpha value is -1.71. The number of hydrogen-bond acceptors (Lipinski definition) is 7. The van der Waals surface area contributed by atoms with Crippen LogP contribution in [0.25, 0.3) is 0 Å². The Balaban J connectivity index is 2.27. The fourth-order valence-corrected chi connectivity index (χ4v) is 3.30. The second-order valence-electron chi connectivity index (χ2n) is 4.24. The molecule has 0 saturated heterocycles. The summed E-state index contributed by atoms with van der Waals surface area (Å²) in [6, 6.07) is 0. The van der Waals surface area contributed by atoms with Crippen molar-refractivity contribution in [2.24, 2.45) is 0 Å². The largest absolute Gasteiger partial charge is 0.465 e. The van der Waals surface area contributed by atoms with Gasteiger partial charge >= 0.3 is 0 Å². The summed E-state index contributed by atoms with van der Waals surface area (Å²) in [4.78, 5) is 3.85. The predicted molar refractivity (Wildman–Crippen MR) is 67.2 cm³/mol. The maximum Gasteiger partial charge on any atom is 0.244 e. The molecular weight excluding hydrogens is 286 g/mol. The van der Waals surface area contributed by atoms with Crippen LogP contribution >= 0.6 is 0 Å². The van der Waals surface area contributed by atoms with E-state index in [9.17, 15) is 13.5 Å². The molecule has 20 heavy (non-hydrogen) atoms. The van der Waals surface area contributed by atoms with Gasteiger partial charge in [0.05, 0.1) is 13.2 Å². The van der Waals surface area contributed by atoms with Crippen LogP contribution < -0.4 is 4.72 Å². The van der Waals surface area contributed by atoms with Gasteiger partial charge in [0.25, 0.3) is 0 Å². The van der Waals surface area contributed by atoms with Crippen molar-refractivity contribution in [3.63, 3.8) is 0 Å². The van der Waals surface area contributed by atoms with Gasteiger partial charge in [0.1, 0.15) is 16.4 Å². The standard InChI is InChI=1S/C11H15N3O5S/c1-6-9(5-15)11(7(2)18-6)20(16,17)12-4-10-13-8(3)14-19-10/h12,15H,4-5H2,1-3H3. The Morgan fingerprint density at radius 3 is 2.50 bits per heavy atom. The molecule has 0 unspecified atom stereocenters. The molecule has 110 valence electrons. The second kappa shape index (κ2) is 5.35. The minimum Gasteiger partial charge on any atom is -0.465 e. The Morgan fingerprint density at radius 1 is 1.25 bits per heavy atom. The number of nitrogens with one attached hydrogen (secondary N) is 1. The molecule has 0 amide bonds. The maximum absolute atomic E-state index is 12.3. The van der Waals surface area contributed by atoms with Crippen LogP contribution in [-0.2, 0) is 23.2 Å². The van der Waals surface area contributed by atoms with Crippen LogP contribution in [0.5, 0.6) is 0 Å². The van der Waals surface area contributed by atoms with Crippen molar-refractivity contribution in [3.05, 3.63) is 28.8 Å². The lowest BCUT2D eigenvalue weighted by Crippen LogP contribution is -2.24. The van der Waals surface area contributed by atoms with Crippen LogP contribution in [0.3, 0.4) is 0 Å². The molecule has 2 aromatic rings. The summed E-state index contributed by atoms with van der Waals surface area (Å²) in [5.41, 5.74) is 0.247. The number of nitrogens with zero attached hydrogens (tertiary/aromatic N) is 2. The molecule has 0 atom stereocenters. The molecule has 8 nitrogen and oxygen atoms in total. The first-order chi connectivity index (χ1) is 9.35. The second-order valence-corrected chi connectivity index (χ2v) is 5.94. The molecule has 0 aliphatic heterocycles. The number of aromatic nitrogens is 2. The van der Waals surface area contributed by atoms with Crippen LogP contribution in [0, 0.1) is 20.8 Å². The van der Waals surface area contributed by atoms with Gasteiger partial charge in [-0.3, -0.25) is 0 Å². The van der Waals surface area contributed by atoms with E-state index in [1.807, 2.05) is 0 Å². The lowest BCUT2D eigenvalue weighted by Gasteiger charge is -2.05. The third-order valence-electron chi connectivity index (χ3n) is 2.73. The monoisotopic (exact) mass is 301 g/mol. The van der Waals surface area contributed by atoms with Gasteiger partial charge in [-0.2, -0.15) is 4.98 Å². The number of aliphatic hydroxyl groups excluding tert-OH is 1. The van der Waals surface area contributed by atoms with Crippen molar-refractivity contribution in [3.8, 4) is 0 Å². The average Bonchev–Trinajstić information content (AvgIpc) is 2.90. The zero-order valence-electron chi connectivity index (χ0n) is 11.3. The molecule has 0 aliphatic rings. The maximum atomic E-state index is 12.3. The van der Waals surface area contributed by atoms with Crippen LogP contribution in [-0.4, -0.2) is 23.7 Å². The molecule has 2 aromatic heterocycles.